The van der Waals surface area contributed by atoms with Crippen molar-refractivity contribution in [2.24, 2.45) is 0 Å². The maximum absolute atomic E-state index is 13.2. The van der Waals surface area contributed by atoms with Gasteiger partial charge in [0.15, 0.2) is 11.6 Å². The monoisotopic (exact) mass is 253 g/mol. The molecular weight excluding hydrogens is 241 g/mol. The lowest BCUT2D eigenvalue weighted by molar-refractivity contribution is 0.422. The van der Waals surface area contributed by atoms with E-state index < -0.39 is 5.95 Å². The summed E-state index contributed by atoms with van der Waals surface area (Å²) in [5.74, 6) is 0.0888. The summed E-state index contributed by atoms with van der Waals surface area (Å²) in [6.45, 7) is 6.01. The summed E-state index contributed by atoms with van der Waals surface area (Å²) in [6.07, 6.45) is 1.36. The van der Waals surface area contributed by atoms with Gasteiger partial charge in [-0.15, -0.1) is 0 Å². The van der Waals surface area contributed by atoms with Crippen LogP contribution in [0.1, 0.15) is 26.6 Å². The zero-order valence-electron chi connectivity index (χ0n) is 9.77. The van der Waals surface area contributed by atoms with Crippen LogP contribution in [-0.4, -0.2) is 14.3 Å². The Morgan fingerprint density at radius 2 is 2.12 bits per heavy atom. The maximum Gasteiger partial charge on any atom is 0.298 e. The Balaban J connectivity index is 2.21. The third-order valence-corrected chi connectivity index (χ3v) is 2.60. The number of hydrogen-bond acceptors (Lipinski definition) is 5. The van der Waals surface area contributed by atoms with E-state index in [2.05, 4.69) is 14.3 Å². The average molecular weight is 253 g/mol. The lowest BCUT2D eigenvalue weighted by Crippen LogP contribution is -2.12. The van der Waals surface area contributed by atoms with E-state index in [1.807, 2.05) is 20.8 Å². The van der Waals surface area contributed by atoms with Gasteiger partial charge in [0.05, 0.1) is 0 Å². The molecule has 0 aliphatic heterocycles. The zero-order valence-corrected chi connectivity index (χ0v) is 10.6. The van der Waals surface area contributed by atoms with Crippen molar-refractivity contribution in [1.82, 2.24) is 14.3 Å². The number of ether oxygens (including phenoxy) is 1. The van der Waals surface area contributed by atoms with Crippen LogP contribution in [0, 0.1) is 5.95 Å². The number of halogens is 1. The smallest absolute Gasteiger partial charge is 0.298 e. The van der Waals surface area contributed by atoms with Gasteiger partial charge in [0.25, 0.3) is 11.1 Å². The Morgan fingerprint density at radius 1 is 1.35 bits per heavy atom. The Morgan fingerprint density at radius 3 is 2.71 bits per heavy atom. The highest BCUT2D eigenvalue weighted by molar-refractivity contribution is 7.07. The van der Waals surface area contributed by atoms with Crippen LogP contribution in [0.25, 0.3) is 0 Å². The minimum Gasteiger partial charge on any atom is -0.425 e. The second-order valence-corrected chi connectivity index (χ2v) is 5.24. The van der Waals surface area contributed by atoms with Gasteiger partial charge in [-0.2, -0.15) is 13.7 Å². The van der Waals surface area contributed by atoms with Crippen LogP contribution in [0.15, 0.2) is 18.3 Å². The Bertz CT molecular complexity index is 521. The first-order chi connectivity index (χ1) is 7.97. The summed E-state index contributed by atoms with van der Waals surface area (Å²) >= 11 is 1.10. The third kappa shape index (κ3) is 2.76. The van der Waals surface area contributed by atoms with Crippen molar-refractivity contribution in [3.05, 3.63) is 30.1 Å². The van der Waals surface area contributed by atoms with E-state index in [0.717, 1.165) is 11.5 Å². The average Bonchev–Trinajstić information content (AvgIpc) is 2.69. The zero-order chi connectivity index (χ0) is 12.5. The van der Waals surface area contributed by atoms with Crippen molar-refractivity contribution in [2.45, 2.75) is 26.2 Å². The fourth-order valence-electron chi connectivity index (χ4n) is 1.10. The normalized spacial score (nSPS) is 11.5. The van der Waals surface area contributed by atoms with Gasteiger partial charge in [0.1, 0.15) is 0 Å². The maximum atomic E-state index is 13.2. The van der Waals surface area contributed by atoms with Gasteiger partial charge >= 0.3 is 0 Å². The molecule has 0 aromatic carbocycles. The van der Waals surface area contributed by atoms with Crippen molar-refractivity contribution in [1.29, 1.82) is 0 Å². The summed E-state index contributed by atoms with van der Waals surface area (Å²) in [6, 6.07) is 3.10. The summed E-state index contributed by atoms with van der Waals surface area (Å²) < 4.78 is 22.7. The number of hydrogen-bond donors (Lipinski definition) is 0. The van der Waals surface area contributed by atoms with Gasteiger partial charge in [-0.05, 0) is 12.1 Å². The van der Waals surface area contributed by atoms with Crippen molar-refractivity contribution < 1.29 is 9.13 Å². The molecule has 4 nitrogen and oxygen atoms in total. The Labute approximate surface area is 103 Å². The van der Waals surface area contributed by atoms with E-state index in [9.17, 15) is 4.39 Å². The minimum absolute atomic E-state index is 0.0594. The molecule has 0 amide bonds. The fourth-order valence-corrected chi connectivity index (χ4v) is 1.83. The van der Waals surface area contributed by atoms with Gasteiger partial charge in [-0.1, -0.05) is 20.8 Å². The standard InChI is InChI=1S/C11H12FN3OS/c1-11(2,3)9-14-10(17-15-9)16-7-5-4-6-13-8(7)12/h4-6H,1-3H3. The van der Waals surface area contributed by atoms with Gasteiger partial charge in [-0.3, -0.25) is 0 Å². The molecule has 0 N–H and O–H groups in total. The lowest BCUT2D eigenvalue weighted by Gasteiger charge is -2.11. The predicted molar refractivity (Wildman–Crippen MR) is 62.9 cm³/mol. The number of rotatable bonds is 2. The molecule has 0 saturated carbocycles. The number of pyridine rings is 1. The van der Waals surface area contributed by atoms with Crippen LogP contribution < -0.4 is 4.74 Å². The molecule has 2 heterocycles. The first kappa shape index (κ1) is 11.9. The van der Waals surface area contributed by atoms with Crippen molar-refractivity contribution >= 4 is 11.5 Å². The first-order valence-electron chi connectivity index (χ1n) is 5.09. The molecule has 0 atom stereocenters. The molecule has 2 rings (SSSR count). The summed E-state index contributed by atoms with van der Waals surface area (Å²) in [5.41, 5.74) is -0.147. The van der Waals surface area contributed by atoms with E-state index in [1.54, 1.807) is 6.07 Å². The van der Waals surface area contributed by atoms with E-state index in [4.69, 9.17) is 4.74 Å². The minimum atomic E-state index is -0.653. The lowest BCUT2D eigenvalue weighted by atomic mass is 9.96. The summed E-state index contributed by atoms with van der Waals surface area (Å²) in [4.78, 5) is 7.70. The van der Waals surface area contributed by atoms with Gasteiger partial charge in [0.2, 0.25) is 0 Å². The van der Waals surface area contributed by atoms with Crippen LogP contribution in [0.4, 0.5) is 4.39 Å². The Kier molecular flexibility index (Phi) is 3.06. The van der Waals surface area contributed by atoms with Gasteiger partial charge in [-0.25, -0.2) is 4.98 Å². The third-order valence-electron chi connectivity index (χ3n) is 2.00. The van der Waals surface area contributed by atoms with Crippen molar-refractivity contribution in [3.8, 4) is 10.9 Å². The second-order valence-electron chi connectivity index (χ2n) is 4.53. The van der Waals surface area contributed by atoms with Crippen LogP contribution in [0.5, 0.6) is 10.9 Å². The van der Waals surface area contributed by atoms with E-state index in [1.165, 1.54) is 12.3 Å². The van der Waals surface area contributed by atoms with Crippen LogP contribution in [0.2, 0.25) is 0 Å². The predicted octanol–water partition coefficient (Wildman–Crippen LogP) is 3.16. The molecule has 0 aliphatic rings. The fraction of sp³-hybridized carbons (Fsp3) is 0.364. The van der Waals surface area contributed by atoms with Gasteiger partial charge < -0.3 is 4.74 Å². The molecule has 2 aromatic rings. The number of nitrogens with zero attached hydrogens (tertiary/aromatic N) is 3. The second kappa shape index (κ2) is 4.37. The highest BCUT2D eigenvalue weighted by Gasteiger charge is 2.20. The summed E-state index contributed by atoms with van der Waals surface area (Å²) in [5, 5.41) is 0.321. The largest absolute Gasteiger partial charge is 0.425 e. The van der Waals surface area contributed by atoms with Gasteiger partial charge in [0, 0.05) is 23.1 Å². The Hall–Kier alpha value is -1.56. The molecule has 0 spiro atoms. The molecule has 90 valence electrons. The molecule has 0 saturated heterocycles. The first-order valence-corrected chi connectivity index (χ1v) is 5.87. The van der Waals surface area contributed by atoms with Crippen LogP contribution in [0.3, 0.4) is 0 Å². The number of aromatic nitrogens is 3. The van der Waals surface area contributed by atoms with E-state index in [-0.39, 0.29) is 11.2 Å². The van der Waals surface area contributed by atoms with Crippen molar-refractivity contribution in [3.63, 3.8) is 0 Å². The van der Waals surface area contributed by atoms with Crippen molar-refractivity contribution in [2.75, 3.05) is 0 Å². The summed E-state index contributed by atoms with van der Waals surface area (Å²) in [7, 11) is 0. The van der Waals surface area contributed by atoms with E-state index in [0.29, 0.717) is 11.0 Å². The molecule has 0 fully saturated rings. The molecule has 0 radical (unpaired) electrons. The molecular formula is C11H12FN3OS. The van der Waals surface area contributed by atoms with Crippen LogP contribution in [-0.2, 0) is 5.41 Å². The molecule has 2 aromatic heterocycles. The highest BCUT2D eigenvalue weighted by atomic mass is 32.1. The van der Waals surface area contributed by atoms with E-state index >= 15 is 0 Å². The molecule has 0 unspecified atom stereocenters. The molecule has 0 bridgehead atoms. The highest BCUT2D eigenvalue weighted by Crippen LogP contribution is 2.28. The molecule has 0 aliphatic carbocycles. The quantitative estimate of drug-likeness (QED) is 0.771. The molecule has 17 heavy (non-hydrogen) atoms. The molecule has 6 heteroatoms. The topological polar surface area (TPSA) is 47.9 Å². The SMILES string of the molecule is CC(C)(C)c1nsc(Oc2cccnc2F)n1. The van der Waals surface area contributed by atoms with Crippen LogP contribution >= 0.6 is 11.5 Å².